The molecule has 0 aromatic heterocycles. The molecule has 2 atom stereocenters. The summed E-state index contributed by atoms with van der Waals surface area (Å²) in [6, 6.07) is 9.44. The number of hydrogen-bond donors (Lipinski definition) is 1. The fourth-order valence-electron chi connectivity index (χ4n) is 6.76. The third-order valence-corrected chi connectivity index (χ3v) is 7.37. The normalized spacial score (nSPS) is 44.2. The third-order valence-electron chi connectivity index (χ3n) is 7.37. The number of fused-ring (bicyclic) bond motifs is 1. The maximum atomic E-state index is 6.84. The zero-order valence-corrected chi connectivity index (χ0v) is 12.9. The van der Waals surface area contributed by atoms with E-state index in [2.05, 4.69) is 24.3 Å². The van der Waals surface area contributed by atoms with Crippen LogP contribution < -0.4 is 5.73 Å². The Bertz CT molecular complexity index is 525. The van der Waals surface area contributed by atoms with Crippen LogP contribution >= 0.6 is 0 Å². The molecule has 1 aromatic carbocycles. The molecule has 2 N–H and O–H groups in total. The van der Waals surface area contributed by atoms with Gasteiger partial charge >= 0.3 is 0 Å². The van der Waals surface area contributed by atoms with Gasteiger partial charge < -0.3 is 5.73 Å². The molecule has 4 fully saturated rings. The second-order valence-corrected chi connectivity index (χ2v) is 8.72. The number of benzene rings is 1. The van der Waals surface area contributed by atoms with Crippen LogP contribution in [0.3, 0.4) is 0 Å². The van der Waals surface area contributed by atoms with Gasteiger partial charge in [-0.05, 0) is 91.6 Å². The molecule has 0 radical (unpaired) electrons. The summed E-state index contributed by atoms with van der Waals surface area (Å²) < 4.78 is 0. The Kier molecular flexibility index (Phi) is 2.63. The second-order valence-electron chi connectivity index (χ2n) is 8.72. The molecule has 5 aliphatic carbocycles. The van der Waals surface area contributed by atoms with Crippen LogP contribution in [-0.4, -0.2) is 6.04 Å². The molecule has 0 aliphatic heterocycles. The van der Waals surface area contributed by atoms with Crippen molar-refractivity contribution in [1.82, 2.24) is 0 Å². The fourth-order valence-corrected chi connectivity index (χ4v) is 6.76. The summed E-state index contributed by atoms with van der Waals surface area (Å²) in [6.07, 6.45) is 11.5. The van der Waals surface area contributed by atoms with Crippen LogP contribution in [-0.2, 0) is 6.42 Å². The Labute approximate surface area is 128 Å². The monoisotopic (exact) mass is 281 g/mol. The maximum Gasteiger partial charge on any atom is 0.0102 e. The van der Waals surface area contributed by atoms with E-state index in [0.29, 0.717) is 11.5 Å². The first-order valence-electron chi connectivity index (χ1n) is 9.05. The molecule has 5 aliphatic rings. The van der Waals surface area contributed by atoms with Crippen LogP contribution in [0.4, 0.5) is 0 Å². The molecular formula is C20H27N. The van der Waals surface area contributed by atoms with Gasteiger partial charge in [0.05, 0.1) is 0 Å². The van der Waals surface area contributed by atoms with Crippen LogP contribution in [0, 0.1) is 23.2 Å². The molecule has 2 unspecified atom stereocenters. The predicted octanol–water partition coefficient (Wildman–Crippen LogP) is 4.26. The SMILES string of the molecule is NC(CC1Cc2ccccc21)C12CC3CC(CC(C3)C1)C2. The lowest BCUT2D eigenvalue weighted by Gasteiger charge is -2.59. The number of nitrogens with two attached hydrogens (primary N) is 1. The van der Waals surface area contributed by atoms with E-state index in [1.807, 2.05) is 0 Å². The van der Waals surface area contributed by atoms with Crippen molar-refractivity contribution >= 4 is 0 Å². The van der Waals surface area contributed by atoms with Crippen molar-refractivity contribution in [2.45, 2.75) is 63.3 Å². The average Bonchev–Trinajstić information content (AvgIpc) is 2.43. The molecule has 0 amide bonds. The Morgan fingerprint density at radius 2 is 1.62 bits per heavy atom. The lowest BCUT2D eigenvalue weighted by Crippen LogP contribution is -2.55. The largest absolute Gasteiger partial charge is 0.327 e. The van der Waals surface area contributed by atoms with Gasteiger partial charge in [-0.15, -0.1) is 0 Å². The van der Waals surface area contributed by atoms with Crippen molar-refractivity contribution in [3.8, 4) is 0 Å². The van der Waals surface area contributed by atoms with Gasteiger partial charge in [0.2, 0.25) is 0 Å². The van der Waals surface area contributed by atoms with E-state index in [1.54, 1.807) is 11.1 Å². The van der Waals surface area contributed by atoms with Gasteiger partial charge in [0.1, 0.15) is 0 Å². The highest BCUT2D eigenvalue weighted by molar-refractivity contribution is 5.40. The Hall–Kier alpha value is -0.820. The molecule has 0 saturated heterocycles. The minimum Gasteiger partial charge on any atom is -0.327 e. The fraction of sp³-hybridized carbons (Fsp3) is 0.700. The number of hydrogen-bond acceptors (Lipinski definition) is 1. The van der Waals surface area contributed by atoms with Crippen LogP contribution in [0.1, 0.15) is 62.0 Å². The molecule has 112 valence electrons. The molecule has 6 rings (SSSR count). The Balaban J connectivity index is 1.35. The summed E-state index contributed by atoms with van der Waals surface area (Å²) in [6.45, 7) is 0. The highest BCUT2D eigenvalue weighted by Gasteiger charge is 2.53. The van der Waals surface area contributed by atoms with Crippen molar-refractivity contribution in [2.24, 2.45) is 28.9 Å². The van der Waals surface area contributed by atoms with E-state index in [9.17, 15) is 0 Å². The number of rotatable bonds is 3. The molecule has 4 saturated carbocycles. The predicted molar refractivity (Wildman–Crippen MR) is 86.1 cm³/mol. The standard InChI is InChI=1S/C20H27N/c21-19(9-17-8-16-3-1-2-4-18(16)17)20-10-13-5-14(11-20)7-15(6-13)12-20/h1-4,13-15,17,19H,5-12,21H2. The summed E-state index contributed by atoms with van der Waals surface area (Å²) in [4.78, 5) is 0. The van der Waals surface area contributed by atoms with Gasteiger partial charge in [0.15, 0.2) is 0 Å². The summed E-state index contributed by atoms with van der Waals surface area (Å²) in [5.74, 6) is 3.83. The van der Waals surface area contributed by atoms with Crippen LogP contribution in [0.2, 0.25) is 0 Å². The summed E-state index contributed by atoms with van der Waals surface area (Å²) in [5, 5.41) is 0. The Morgan fingerprint density at radius 1 is 1.00 bits per heavy atom. The quantitative estimate of drug-likeness (QED) is 0.880. The van der Waals surface area contributed by atoms with E-state index in [1.165, 1.54) is 51.4 Å². The van der Waals surface area contributed by atoms with Crippen molar-refractivity contribution < 1.29 is 0 Å². The van der Waals surface area contributed by atoms with E-state index in [-0.39, 0.29) is 0 Å². The first-order valence-corrected chi connectivity index (χ1v) is 9.05. The van der Waals surface area contributed by atoms with Gasteiger partial charge in [-0.1, -0.05) is 24.3 Å². The highest BCUT2D eigenvalue weighted by atomic mass is 14.7. The zero-order chi connectivity index (χ0) is 14.0. The Morgan fingerprint density at radius 3 is 2.24 bits per heavy atom. The van der Waals surface area contributed by atoms with Crippen molar-refractivity contribution in [3.05, 3.63) is 35.4 Å². The van der Waals surface area contributed by atoms with Crippen LogP contribution in [0.5, 0.6) is 0 Å². The molecule has 1 heteroatoms. The summed E-state index contributed by atoms with van der Waals surface area (Å²) in [7, 11) is 0. The van der Waals surface area contributed by atoms with Crippen molar-refractivity contribution in [1.29, 1.82) is 0 Å². The van der Waals surface area contributed by atoms with Gasteiger partial charge in [-0.3, -0.25) is 0 Å². The van der Waals surface area contributed by atoms with E-state index >= 15 is 0 Å². The maximum absolute atomic E-state index is 6.84. The topological polar surface area (TPSA) is 26.0 Å². The van der Waals surface area contributed by atoms with Crippen molar-refractivity contribution in [3.63, 3.8) is 0 Å². The van der Waals surface area contributed by atoms with Gasteiger partial charge in [-0.2, -0.15) is 0 Å². The van der Waals surface area contributed by atoms with E-state index in [4.69, 9.17) is 5.73 Å². The molecule has 21 heavy (non-hydrogen) atoms. The first-order chi connectivity index (χ1) is 10.2. The molecule has 0 spiro atoms. The molecule has 4 bridgehead atoms. The van der Waals surface area contributed by atoms with E-state index < -0.39 is 0 Å². The molecule has 1 aromatic rings. The molecule has 1 nitrogen and oxygen atoms in total. The minimum atomic E-state index is 0.448. The zero-order valence-electron chi connectivity index (χ0n) is 12.9. The van der Waals surface area contributed by atoms with Crippen LogP contribution in [0.15, 0.2) is 24.3 Å². The summed E-state index contributed by atoms with van der Waals surface area (Å²) >= 11 is 0. The van der Waals surface area contributed by atoms with Gasteiger partial charge in [0.25, 0.3) is 0 Å². The second kappa shape index (κ2) is 4.35. The first kappa shape index (κ1) is 12.7. The average molecular weight is 281 g/mol. The van der Waals surface area contributed by atoms with E-state index in [0.717, 1.165) is 23.7 Å². The summed E-state index contributed by atoms with van der Waals surface area (Å²) in [5.41, 5.74) is 10.5. The smallest absolute Gasteiger partial charge is 0.0102 e. The minimum absolute atomic E-state index is 0.448. The van der Waals surface area contributed by atoms with Gasteiger partial charge in [-0.25, -0.2) is 0 Å². The third kappa shape index (κ3) is 1.86. The van der Waals surface area contributed by atoms with Crippen molar-refractivity contribution in [2.75, 3.05) is 0 Å². The molecule has 0 heterocycles. The lowest BCUT2D eigenvalue weighted by atomic mass is 9.47. The highest BCUT2D eigenvalue weighted by Crippen LogP contribution is 2.62. The molecular weight excluding hydrogens is 254 g/mol. The van der Waals surface area contributed by atoms with Crippen LogP contribution in [0.25, 0.3) is 0 Å². The van der Waals surface area contributed by atoms with Gasteiger partial charge in [0, 0.05) is 6.04 Å². The lowest BCUT2D eigenvalue weighted by molar-refractivity contribution is -0.0694.